The fourth-order valence-electron chi connectivity index (χ4n) is 2.33. The van der Waals surface area contributed by atoms with Crippen LogP contribution in [0.5, 0.6) is 0 Å². The standard InChI is InChI=1S/C18H22N2O3S/c1-20(13-14-7-4-3-5-8-14)18(22)15(10-12-24-2)19-17(21)16-9-6-11-23-16/h3-9,11,15H,10,12-13H2,1-2H3,(H,19,21). The van der Waals surface area contributed by atoms with E-state index in [1.165, 1.54) is 6.26 Å². The van der Waals surface area contributed by atoms with Gasteiger partial charge in [-0.1, -0.05) is 30.3 Å². The first-order valence-electron chi connectivity index (χ1n) is 7.74. The lowest BCUT2D eigenvalue weighted by Crippen LogP contribution is -2.47. The number of benzene rings is 1. The van der Waals surface area contributed by atoms with Crippen LogP contribution in [0.15, 0.2) is 53.1 Å². The van der Waals surface area contributed by atoms with E-state index in [1.807, 2.05) is 36.6 Å². The zero-order valence-corrected chi connectivity index (χ0v) is 14.7. The smallest absolute Gasteiger partial charge is 0.287 e. The fraction of sp³-hybridized carbons (Fsp3) is 0.333. The van der Waals surface area contributed by atoms with Crippen LogP contribution in [0.4, 0.5) is 0 Å². The average Bonchev–Trinajstić information content (AvgIpc) is 3.13. The Hall–Kier alpha value is -2.21. The Bertz CT molecular complexity index is 644. The zero-order chi connectivity index (χ0) is 17.4. The first kappa shape index (κ1) is 18.1. The Kier molecular flexibility index (Phi) is 6.93. The number of nitrogens with one attached hydrogen (secondary N) is 1. The highest BCUT2D eigenvalue weighted by atomic mass is 32.2. The molecule has 24 heavy (non-hydrogen) atoms. The van der Waals surface area contributed by atoms with Gasteiger partial charge in [0.1, 0.15) is 6.04 Å². The second-order valence-corrected chi connectivity index (χ2v) is 6.45. The van der Waals surface area contributed by atoms with Crippen molar-refractivity contribution >= 4 is 23.6 Å². The highest BCUT2D eigenvalue weighted by molar-refractivity contribution is 7.98. The van der Waals surface area contributed by atoms with Gasteiger partial charge in [0.15, 0.2) is 5.76 Å². The molecule has 0 aliphatic heterocycles. The van der Waals surface area contributed by atoms with E-state index in [9.17, 15) is 9.59 Å². The molecular weight excluding hydrogens is 324 g/mol. The van der Waals surface area contributed by atoms with Crippen LogP contribution in [0.2, 0.25) is 0 Å². The molecule has 0 aliphatic carbocycles. The molecule has 0 radical (unpaired) electrons. The number of hydrogen-bond acceptors (Lipinski definition) is 4. The summed E-state index contributed by atoms with van der Waals surface area (Å²) in [6.07, 6.45) is 3.99. The third-order valence-corrected chi connectivity index (χ3v) is 4.24. The number of amides is 2. The maximum absolute atomic E-state index is 12.7. The van der Waals surface area contributed by atoms with Crippen LogP contribution in [-0.2, 0) is 11.3 Å². The van der Waals surface area contributed by atoms with Gasteiger partial charge in [-0.15, -0.1) is 0 Å². The van der Waals surface area contributed by atoms with Gasteiger partial charge in [0, 0.05) is 13.6 Å². The Labute approximate surface area is 146 Å². The van der Waals surface area contributed by atoms with E-state index in [1.54, 1.807) is 35.8 Å². The minimum atomic E-state index is -0.566. The van der Waals surface area contributed by atoms with E-state index in [-0.39, 0.29) is 17.6 Å². The number of nitrogens with zero attached hydrogens (tertiary/aromatic N) is 1. The minimum absolute atomic E-state index is 0.104. The van der Waals surface area contributed by atoms with Gasteiger partial charge < -0.3 is 14.6 Å². The van der Waals surface area contributed by atoms with Gasteiger partial charge >= 0.3 is 0 Å². The molecule has 6 heteroatoms. The molecule has 2 aromatic rings. The van der Waals surface area contributed by atoms with Crippen molar-refractivity contribution in [1.82, 2.24) is 10.2 Å². The third kappa shape index (κ3) is 5.16. The molecule has 5 nitrogen and oxygen atoms in total. The summed E-state index contributed by atoms with van der Waals surface area (Å²) >= 11 is 1.64. The summed E-state index contributed by atoms with van der Waals surface area (Å²) in [4.78, 5) is 26.6. The van der Waals surface area contributed by atoms with Gasteiger partial charge in [-0.05, 0) is 36.1 Å². The molecule has 128 valence electrons. The van der Waals surface area contributed by atoms with Crippen molar-refractivity contribution in [1.29, 1.82) is 0 Å². The van der Waals surface area contributed by atoms with Gasteiger partial charge in [0.2, 0.25) is 5.91 Å². The first-order valence-corrected chi connectivity index (χ1v) is 9.13. The number of carbonyl (C=O) groups excluding carboxylic acids is 2. The lowest BCUT2D eigenvalue weighted by atomic mass is 10.1. The molecule has 0 spiro atoms. The van der Waals surface area contributed by atoms with E-state index in [0.717, 1.165) is 11.3 Å². The van der Waals surface area contributed by atoms with Crippen molar-refractivity contribution in [2.45, 2.75) is 19.0 Å². The SMILES string of the molecule is CSCCC(NC(=O)c1ccco1)C(=O)N(C)Cc1ccccc1. The van der Waals surface area contributed by atoms with Crippen molar-refractivity contribution in [3.8, 4) is 0 Å². The van der Waals surface area contributed by atoms with Crippen LogP contribution < -0.4 is 5.32 Å². The lowest BCUT2D eigenvalue weighted by Gasteiger charge is -2.24. The quantitative estimate of drug-likeness (QED) is 0.798. The molecule has 1 heterocycles. The van der Waals surface area contributed by atoms with Crippen LogP contribution in [-0.4, -0.2) is 41.8 Å². The average molecular weight is 346 g/mol. The number of furan rings is 1. The molecule has 1 aromatic heterocycles. The van der Waals surface area contributed by atoms with Crippen LogP contribution in [0.25, 0.3) is 0 Å². The van der Waals surface area contributed by atoms with Crippen molar-refractivity contribution in [2.24, 2.45) is 0 Å². The third-order valence-electron chi connectivity index (χ3n) is 3.60. The second-order valence-electron chi connectivity index (χ2n) is 5.46. The largest absolute Gasteiger partial charge is 0.459 e. The summed E-state index contributed by atoms with van der Waals surface area (Å²) < 4.78 is 5.09. The summed E-state index contributed by atoms with van der Waals surface area (Å²) in [5, 5.41) is 2.78. The van der Waals surface area contributed by atoms with Crippen molar-refractivity contribution < 1.29 is 14.0 Å². The van der Waals surface area contributed by atoms with E-state index in [2.05, 4.69) is 5.32 Å². The molecule has 0 saturated carbocycles. The molecule has 0 fully saturated rings. The number of thioether (sulfide) groups is 1. The van der Waals surface area contributed by atoms with Crippen LogP contribution in [0.3, 0.4) is 0 Å². The van der Waals surface area contributed by atoms with Crippen molar-refractivity contribution in [3.05, 3.63) is 60.1 Å². The molecule has 1 atom stereocenters. The summed E-state index contributed by atoms with van der Waals surface area (Å²) in [5.74, 6) is 0.525. The molecular formula is C18H22N2O3S. The Balaban J connectivity index is 2.02. The number of carbonyl (C=O) groups is 2. The minimum Gasteiger partial charge on any atom is -0.459 e. The Morgan fingerprint density at radius 1 is 1.21 bits per heavy atom. The monoisotopic (exact) mass is 346 g/mol. The summed E-state index contributed by atoms with van der Waals surface area (Å²) in [5.41, 5.74) is 1.05. The van der Waals surface area contributed by atoms with E-state index < -0.39 is 6.04 Å². The lowest BCUT2D eigenvalue weighted by molar-refractivity contribution is -0.132. The number of likely N-dealkylation sites (N-methyl/N-ethyl adjacent to an activating group) is 1. The molecule has 1 unspecified atom stereocenters. The van der Waals surface area contributed by atoms with Gasteiger partial charge in [0.05, 0.1) is 6.26 Å². The van der Waals surface area contributed by atoms with E-state index in [0.29, 0.717) is 13.0 Å². The summed E-state index contributed by atoms with van der Waals surface area (Å²) in [6.45, 7) is 0.506. The zero-order valence-electron chi connectivity index (χ0n) is 13.9. The molecule has 0 saturated heterocycles. The van der Waals surface area contributed by atoms with Crippen molar-refractivity contribution in [3.63, 3.8) is 0 Å². The number of rotatable bonds is 8. The van der Waals surface area contributed by atoms with E-state index >= 15 is 0 Å². The van der Waals surface area contributed by atoms with Crippen molar-refractivity contribution in [2.75, 3.05) is 19.1 Å². The highest BCUT2D eigenvalue weighted by Gasteiger charge is 2.25. The van der Waals surface area contributed by atoms with E-state index in [4.69, 9.17) is 4.42 Å². The van der Waals surface area contributed by atoms with Crippen LogP contribution >= 0.6 is 11.8 Å². The molecule has 2 amide bonds. The molecule has 2 rings (SSSR count). The summed E-state index contributed by atoms with van der Waals surface area (Å²) in [7, 11) is 1.75. The predicted octanol–water partition coefficient (Wildman–Crippen LogP) is 2.79. The summed E-state index contributed by atoms with van der Waals surface area (Å²) in [6, 6.07) is 12.4. The Morgan fingerprint density at radius 2 is 1.96 bits per heavy atom. The highest BCUT2D eigenvalue weighted by Crippen LogP contribution is 2.09. The fourth-order valence-corrected chi connectivity index (χ4v) is 2.80. The Morgan fingerprint density at radius 3 is 2.58 bits per heavy atom. The van der Waals surface area contributed by atoms with Gasteiger partial charge in [-0.25, -0.2) is 0 Å². The molecule has 0 aliphatic rings. The maximum atomic E-state index is 12.7. The topological polar surface area (TPSA) is 62.6 Å². The molecule has 0 bridgehead atoms. The predicted molar refractivity (Wildman–Crippen MR) is 95.9 cm³/mol. The maximum Gasteiger partial charge on any atom is 0.287 e. The van der Waals surface area contributed by atoms with Gasteiger partial charge in [-0.3, -0.25) is 9.59 Å². The van der Waals surface area contributed by atoms with Crippen LogP contribution in [0, 0.1) is 0 Å². The normalized spacial score (nSPS) is 11.8. The van der Waals surface area contributed by atoms with Crippen LogP contribution in [0.1, 0.15) is 22.5 Å². The number of hydrogen-bond donors (Lipinski definition) is 1. The molecule has 1 aromatic carbocycles. The molecule has 1 N–H and O–H groups in total. The van der Waals surface area contributed by atoms with Gasteiger partial charge in [0.25, 0.3) is 5.91 Å². The van der Waals surface area contributed by atoms with Gasteiger partial charge in [-0.2, -0.15) is 11.8 Å². The first-order chi connectivity index (χ1) is 11.6. The second kappa shape index (κ2) is 9.17.